The van der Waals surface area contributed by atoms with Gasteiger partial charge >= 0.3 is 0 Å². The third-order valence-corrected chi connectivity index (χ3v) is 7.19. The maximum Gasteiger partial charge on any atom is 0.266 e. The molecule has 5 rings (SSSR count). The fraction of sp³-hybridized carbons (Fsp3) is 0.0357. The van der Waals surface area contributed by atoms with Crippen LogP contribution in [-0.2, 0) is 15.9 Å². The Kier molecular flexibility index (Phi) is 7.89. The van der Waals surface area contributed by atoms with Gasteiger partial charge < -0.3 is 4.65 Å². The van der Waals surface area contributed by atoms with Crippen LogP contribution in [0.4, 0.5) is 65.9 Å². The van der Waals surface area contributed by atoms with E-state index in [4.69, 9.17) is 4.65 Å². The molecule has 0 spiro atoms. The summed E-state index contributed by atoms with van der Waals surface area (Å²) >= 11 is 0. The molecule has 0 radical (unpaired) electrons. The number of carbonyl (C=O) groups is 1. The van der Waals surface area contributed by atoms with Gasteiger partial charge in [0.1, 0.15) is 34.9 Å². The summed E-state index contributed by atoms with van der Waals surface area (Å²) in [5.74, 6) is -50.0. The molecule has 1 aliphatic rings. The van der Waals surface area contributed by atoms with Gasteiger partial charge in [0.05, 0.1) is 5.76 Å². The summed E-state index contributed by atoms with van der Waals surface area (Å²) in [4.78, 5) is 12.5. The van der Waals surface area contributed by atoms with Crippen molar-refractivity contribution in [2.45, 2.75) is 6.42 Å². The lowest BCUT2D eigenvalue weighted by Gasteiger charge is -2.46. The predicted octanol–water partition coefficient (Wildman–Crippen LogP) is 5.92. The number of hydrogen-bond donors (Lipinski definition) is 0. The number of benzene rings is 4. The van der Waals surface area contributed by atoms with E-state index in [1.807, 2.05) is 0 Å². The van der Waals surface area contributed by atoms with Crippen molar-refractivity contribution in [3.8, 4) is 0 Å². The minimum atomic E-state index is -6.32. The van der Waals surface area contributed by atoms with E-state index in [1.165, 1.54) is 6.07 Å². The fourth-order valence-corrected chi connectivity index (χ4v) is 5.21. The van der Waals surface area contributed by atoms with Gasteiger partial charge in [0.2, 0.25) is 0 Å². The van der Waals surface area contributed by atoms with E-state index in [9.17, 15) is 44.3 Å². The summed E-state index contributed by atoms with van der Waals surface area (Å²) in [6, 6.07) is 4.40. The van der Waals surface area contributed by atoms with Gasteiger partial charge in [0, 0.05) is 18.1 Å². The van der Waals surface area contributed by atoms with E-state index in [0.717, 1.165) is 18.2 Å². The smallest absolute Gasteiger partial charge is 0.266 e. The molecule has 0 atom stereocenters. The Labute approximate surface area is 245 Å². The average Bonchev–Trinajstić information content (AvgIpc) is 3.02. The molecular weight excluding hydrogens is 664 g/mol. The second-order valence-electron chi connectivity index (χ2n) is 9.66. The van der Waals surface area contributed by atoms with Crippen LogP contribution in [0.5, 0.6) is 0 Å². The Hall–Kier alpha value is -4.90. The van der Waals surface area contributed by atoms with Crippen LogP contribution in [0, 0.1) is 87.3 Å². The van der Waals surface area contributed by atoms with Gasteiger partial charge in [-0.3, -0.25) is 4.79 Å². The molecule has 240 valence electrons. The number of halogens is 15. The van der Waals surface area contributed by atoms with Crippen LogP contribution in [0.1, 0.15) is 11.1 Å². The number of hydrogen-bond acceptors (Lipinski definition) is 2. The van der Waals surface area contributed by atoms with E-state index in [-0.39, 0.29) is 11.6 Å². The van der Waals surface area contributed by atoms with Gasteiger partial charge in [-0.05, 0) is 5.56 Å². The molecule has 18 heteroatoms. The SMILES string of the molecule is O=C1C=C(O[B-](c2c(F)c(F)c(F)c(F)c2F)(c2c(F)c(F)c(F)c(F)c2F)c2c(F)c(F)c(F)c(F)c2F)c2ccccc2C1. The lowest BCUT2D eigenvalue weighted by molar-refractivity contribution is -0.114. The van der Waals surface area contributed by atoms with Crippen LogP contribution in [0.15, 0.2) is 30.3 Å². The van der Waals surface area contributed by atoms with Crippen molar-refractivity contribution in [1.82, 2.24) is 0 Å². The van der Waals surface area contributed by atoms with Crippen LogP contribution in [0.25, 0.3) is 5.76 Å². The Morgan fingerprint density at radius 2 is 0.761 bits per heavy atom. The van der Waals surface area contributed by atoms with Crippen molar-refractivity contribution in [2.75, 3.05) is 0 Å². The molecule has 4 aromatic carbocycles. The largest absolute Gasteiger partial charge is 0.702 e. The van der Waals surface area contributed by atoms with Crippen molar-refractivity contribution < 1.29 is 75.3 Å². The van der Waals surface area contributed by atoms with E-state index in [0.29, 0.717) is 0 Å². The number of fused-ring (bicyclic) bond motifs is 1. The van der Waals surface area contributed by atoms with Gasteiger partial charge in [0.25, 0.3) is 6.35 Å². The normalized spacial score (nSPS) is 13.2. The summed E-state index contributed by atoms with van der Waals surface area (Å²) < 4.78 is 229. The summed E-state index contributed by atoms with van der Waals surface area (Å²) in [5, 5.41) is 0. The monoisotopic (exact) mass is 671 g/mol. The van der Waals surface area contributed by atoms with Crippen LogP contribution in [0.2, 0.25) is 0 Å². The summed E-state index contributed by atoms with van der Waals surface area (Å²) in [6.07, 6.45) is -6.62. The third kappa shape index (κ3) is 4.44. The second kappa shape index (κ2) is 11.2. The molecule has 46 heavy (non-hydrogen) atoms. The number of allylic oxidation sites excluding steroid dienone is 1. The Bertz CT molecular complexity index is 1790. The fourth-order valence-electron chi connectivity index (χ4n) is 5.21. The molecule has 0 heterocycles. The summed E-state index contributed by atoms with van der Waals surface area (Å²) in [5.41, 5.74) is -9.51. The topological polar surface area (TPSA) is 26.3 Å². The van der Waals surface area contributed by atoms with Crippen molar-refractivity contribution in [2.24, 2.45) is 0 Å². The number of rotatable bonds is 5. The molecule has 4 aromatic rings. The number of ketones is 1. The highest BCUT2D eigenvalue weighted by molar-refractivity contribution is 7.07. The minimum Gasteiger partial charge on any atom is -0.702 e. The highest BCUT2D eigenvalue weighted by Gasteiger charge is 2.51. The molecule has 0 saturated heterocycles. The Morgan fingerprint density at radius 1 is 0.457 bits per heavy atom. The number of carbonyl (C=O) groups excluding carboxylic acids is 1. The van der Waals surface area contributed by atoms with Gasteiger partial charge in [0.15, 0.2) is 58.1 Å². The first-order chi connectivity index (χ1) is 21.5. The van der Waals surface area contributed by atoms with Gasteiger partial charge in [-0.25, -0.2) is 65.9 Å². The Balaban J connectivity index is 2.16. The molecule has 0 N–H and O–H groups in total. The van der Waals surface area contributed by atoms with E-state index < -0.39 is 134 Å². The van der Waals surface area contributed by atoms with Crippen molar-refractivity contribution in [3.05, 3.63) is 129 Å². The van der Waals surface area contributed by atoms with Crippen LogP contribution >= 0.6 is 0 Å². The van der Waals surface area contributed by atoms with Gasteiger partial charge in [-0.2, -0.15) is 0 Å². The third-order valence-electron chi connectivity index (χ3n) is 7.19. The molecule has 0 unspecified atom stereocenters. The molecule has 0 saturated carbocycles. The van der Waals surface area contributed by atoms with Crippen LogP contribution in [-0.4, -0.2) is 12.1 Å². The molecule has 0 bridgehead atoms. The standard InChI is InChI=1S/C28H7BF15O2/c30-14-11(15(31)21(37)26(42)20(14)36)29(12-16(32)22(38)27(43)23(39)17(12)33,13-18(34)24(40)28(44)25(41)19(13)35)46-10-6-8(45)5-7-3-1-2-4-9(7)10/h1-4,6H,5H2/q-1. The maximum absolute atomic E-state index is 15.6. The predicted molar refractivity (Wildman–Crippen MR) is 128 cm³/mol. The van der Waals surface area contributed by atoms with Crippen LogP contribution in [0.3, 0.4) is 0 Å². The zero-order valence-electron chi connectivity index (χ0n) is 21.7. The highest BCUT2D eigenvalue weighted by atomic mass is 19.2. The first-order valence-electron chi connectivity index (χ1n) is 12.2. The highest BCUT2D eigenvalue weighted by Crippen LogP contribution is 2.34. The molecule has 0 aromatic heterocycles. The van der Waals surface area contributed by atoms with Crippen molar-refractivity contribution >= 4 is 34.3 Å². The molecule has 1 aliphatic carbocycles. The molecular formula is C28H7BF15O2-. The van der Waals surface area contributed by atoms with Crippen molar-refractivity contribution in [1.29, 1.82) is 0 Å². The Morgan fingerprint density at radius 3 is 1.11 bits per heavy atom. The average molecular weight is 671 g/mol. The summed E-state index contributed by atoms with van der Waals surface area (Å²) in [6.45, 7) is 0. The first kappa shape index (κ1) is 32.5. The molecule has 0 amide bonds. The quantitative estimate of drug-likeness (QED) is 0.114. The lowest BCUT2D eigenvalue weighted by Crippen LogP contribution is -2.75. The second-order valence-corrected chi connectivity index (χ2v) is 9.66. The zero-order valence-corrected chi connectivity index (χ0v) is 21.7. The van der Waals surface area contributed by atoms with Gasteiger partial charge in [-0.15, -0.1) is 0 Å². The molecule has 2 nitrogen and oxygen atoms in total. The van der Waals surface area contributed by atoms with Crippen LogP contribution < -0.4 is 16.4 Å². The van der Waals surface area contributed by atoms with E-state index >= 15 is 26.3 Å². The van der Waals surface area contributed by atoms with Crippen molar-refractivity contribution in [3.63, 3.8) is 0 Å². The van der Waals surface area contributed by atoms with E-state index in [2.05, 4.69) is 0 Å². The molecule has 0 aliphatic heterocycles. The van der Waals surface area contributed by atoms with E-state index in [1.54, 1.807) is 0 Å². The molecule has 0 fully saturated rings. The first-order valence-corrected chi connectivity index (χ1v) is 12.2. The summed E-state index contributed by atoms with van der Waals surface area (Å²) in [7, 11) is 0. The maximum atomic E-state index is 15.6. The lowest BCUT2D eigenvalue weighted by atomic mass is 9.27. The minimum absolute atomic E-state index is 0.165. The van der Waals surface area contributed by atoms with Gasteiger partial charge in [-0.1, -0.05) is 40.7 Å². The zero-order chi connectivity index (χ0) is 34.2.